The van der Waals surface area contributed by atoms with Gasteiger partial charge in [0.1, 0.15) is 17.8 Å². The van der Waals surface area contributed by atoms with Gasteiger partial charge in [0.2, 0.25) is 5.91 Å². The number of fused-ring (bicyclic) bond motifs is 1. The highest BCUT2D eigenvalue weighted by atomic mass is 35.5. The van der Waals surface area contributed by atoms with Gasteiger partial charge in [0, 0.05) is 35.8 Å². The first-order valence-electron chi connectivity index (χ1n) is 11.0. The Balaban J connectivity index is 1.13. The van der Waals surface area contributed by atoms with Gasteiger partial charge in [0.15, 0.2) is 0 Å². The molecule has 6 nitrogen and oxygen atoms in total. The molecule has 1 amide bonds. The number of pyridine rings is 1. The number of anilines is 1. The van der Waals surface area contributed by atoms with Gasteiger partial charge in [-0.1, -0.05) is 29.8 Å². The van der Waals surface area contributed by atoms with Crippen molar-refractivity contribution in [3.8, 4) is 0 Å². The predicted molar refractivity (Wildman–Crippen MR) is 123 cm³/mol. The van der Waals surface area contributed by atoms with Gasteiger partial charge < -0.3 is 9.72 Å². The second-order valence-electron chi connectivity index (χ2n) is 8.80. The van der Waals surface area contributed by atoms with Crippen molar-refractivity contribution >= 4 is 29.0 Å². The van der Waals surface area contributed by atoms with Crippen LogP contribution in [-0.4, -0.2) is 25.3 Å². The average Bonchev–Trinajstić information content (AvgIpc) is 3.70. The number of carbonyl (C=O) groups is 1. The molecule has 0 bridgehead atoms. The van der Waals surface area contributed by atoms with Crippen LogP contribution >= 0.6 is 11.6 Å². The van der Waals surface area contributed by atoms with E-state index in [0.717, 1.165) is 29.0 Å². The van der Waals surface area contributed by atoms with E-state index in [1.807, 2.05) is 30.3 Å². The van der Waals surface area contributed by atoms with Crippen LogP contribution in [0.25, 0.3) is 5.65 Å². The van der Waals surface area contributed by atoms with E-state index in [1.165, 1.54) is 24.7 Å². The fourth-order valence-electron chi connectivity index (χ4n) is 4.36. The molecule has 3 aromatic heterocycles. The van der Waals surface area contributed by atoms with Crippen LogP contribution < -0.4 is 5.32 Å². The number of benzene rings is 1. The molecule has 32 heavy (non-hydrogen) atoms. The Morgan fingerprint density at radius 1 is 1.06 bits per heavy atom. The second kappa shape index (κ2) is 7.71. The van der Waals surface area contributed by atoms with Crippen molar-refractivity contribution in [1.29, 1.82) is 0 Å². The molecule has 3 heterocycles. The van der Waals surface area contributed by atoms with E-state index in [-0.39, 0.29) is 17.7 Å². The molecular weight excluding hydrogens is 422 g/mol. The Hall–Kier alpha value is -3.25. The van der Waals surface area contributed by atoms with Crippen molar-refractivity contribution in [2.75, 3.05) is 5.32 Å². The van der Waals surface area contributed by atoms with Crippen molar-refractivity contribution in [2.24, 2.45) is 5.92 Å². The first kappa shape index (κ1) is 19.4. The maximum atomic E-state index is 12.7. The summed E-state index contributed by atoms with van der Waals surface area (Å²) in [6.45, 7) is 0. The van der Waals surface area contributed by atoms with Crippen molar-refractivity contribution in [3.63, 3.8) is 0 Å². The Morgan fingerprint density at radius 3 is 2.81 bits per heavy atom. The fourth-order valence-corrected chi connectivity index (χ4v) is 4.56. The molecule has 0 spiro atoms. The molecule has 4 aromatic rings. The van der Waals surface area contributed by atoms with E-state index < -0.39 is 0 Å². The number of nitrogens with one attached hydrogen (secondary N) is 1. The Kier molecular flexibility index (Phi) is 4.68. The highest BCUT2D eigenvalue weighted by Gasteiger charge is 2.44. The maximum Gasteiger partial charge on any atom is 0.229 e. The Bertz CT molecular complexity index is 1330. The minimum atomic E-state index is -0.0500. The lowest BCUT2D eigenvalue weighted by atomic mass is 10.1. The van der Waals surface area contributed by atoms with Gasteiger partial charge >= 0.3 is 0 Å². The van der Waals surface area contributed by atoms with Crippen molar-refractivity contribution < 1.29 is 4.79 Å². The van der Waals surface area contributed by atoms with E-state index in [4.69, 9.17) is 16.6 Å². The fraction of sp³-hybridized carbons (Fsp3) is 0.280. The zero-order valence-corrected chi connectivity index (χ0v) is 18.2. The summed E-state index contributed by atoms with van der Waals surface area (Å²) in [5.41, 5.74) is 5.19. The minimum absolute atomic E-state index is 0.0139. The summed E-state index contributed by atoms with van der Waals surface area (Å²) in [7, 11) is 0. The van der Waals surface area contributed by atoms with Gasteiger partial charge in [-0.25, -0.2) is 15.0 Å². The lowest BCUT2D eigenvalue weighted by molar-refractivity contribution is -0.117. The first-order valence-corrected chi connectivity index (χ1v) is 11.3. The summed E-state index contributed by atoms with van der Waals surface area (Å²) < 4.78 is 2.09. The molecule has 7 heteroatoms. The molecule has 0 saturated heterocycles. The highest BCUT2D eigenvalue weighted by molar-refractivity contribution is 6.30. The van der Waals surface area contributed by atoms with E-state index in [9.17, 15) is 4.79 Å². The molecule has 6 rings (SSSR count). The van der Waals surface area contributed by atoms with Gasteiger partial charge in [-0.15, -0.1) is 0 Å². The number of halogens is 1. The molecule has 0 unspecified atom stereocenters. The second-order valence-corrected chi connectivity index (χ2v) is 9.24. The summed E-state index contributed by atoms with van der Waals surface area (Å²) in [5, 5.41) is 3.65. The molecule has 0 aliphatic heterocycles. The maximum absolute atomic E-state index is 12.7. The molecule has 2 atom stereocenters. The third-order valence-electron chi connectivity index (χ3n) is 6.31. The van der Waals surface area contributed by atoms with Gasteiger partial charge in [0.05, 0.1) is 11.4 Å². The van der Waals surface area contributed by atoms with Crippen LogP contribution in [0, 0.1) is 5.92 Å². The average molecular weight is 444 g/mol. The third-order valence-corrected chi connectivity index (χ3v) is 6.55. The van der Waals surface area contributed by atoms with Crippen LogP contribution in [0.3, 0.4) is 0 Å². The highest BCUT2D eigenvalue weighted by Crippen LogP contribution is 2.48. The monoisotopic (exact) mass is 443 g/mol. The smallest absolute Gasteiger partial charge is 0.229 e. The molecule has 2 fully saturated rings. The lowest BCUT2D eigenvalue weighted by Crippen LogP contribution is -2.16. The number of hydrogen-bond acceptors (Lipinski definition) is 4. The van der Waals surface area contributed by atoms with Crippen molar-refractivity contribution in [2.45, 2.75) is 37.5 Å². The van der Waals surface area contributed by atoms with Crippen LogP contribution in [0.5, 0.6) is 0 Å². The minimum Gasteiger partial charge on any atom is -0.310 e. The zero-order valence-electron chi connectivity index (χ0n) is 17.4. The summed E-state index contributed by atoms with van der Waals surface area (Å²) in [6.07, 6.45) is 9.71. The molecule has 2 aliphatic rings. The standard InChI is InChI=1S/C25H22ClN5O/c26-18-3-1-2-16(8-18)21-11-22(21)25(32)30-23-10-19(27-14-28-23)9-20-13-31-12-17(15-4-5-15)6-7-24(31)29-20/h1-3,6-8,10,12-15,21-22H,4-5,9,11H2,(H,27,28,30,32)/t21-,22+/m1/s1. The molecule has 2 aliphatic carbocycles. The first-order chi connectivity index (χ1) is 15.6. The van der Waals surface area contributed by atoms with E-state index in [2.05, 4.69) is 44.2 Å². The lowest BCUT2D eigenvalue weighted by Gasteiger charge is -2.06. The van der Waals surface area contributed by atoms with Gasteiger partial charge in [-0.05, 0) is 60.4 Å². The summed E-state index contributed by atoms with van der Waals surface area (Å²) >= 11 is 6.08. The van der Waals surface area contributed by atoms with Crippen LogP contribution in [0.15, 0.2) is 61.2 Å². The van der Waals surface area contributed by atoms with Crippen molar-refractivity contribution in [3.05, 3.63) is 88.7 Å². The Labute approximate surface area is 190 Å². The van der Waals surface area contributed by atoms with Gasteiger partial charge in [-0.3, -0.25) is 4.79 Å². The number of aromatic nitrogens is 4. The summed E-state index contributed by atoms with van der Waals surface area (Å²) in [6, 6.07) is 13.8. The molecule has 2 saturated carbocycles. The van der Waals surface area contributed by atoms with E-state index in [0.29, 0.717) is 23.2 Å². The van der Waals surface area contributed by atoms with Crippen LogP contribution in [0.4, 0.5) is 5.82 Å². The quantitative estimate of drug-likeness (QED) is 0.455. The molecular formula is C25H22ClN5O. The largest absolute Gasteiger partial charge is 0.310 e. The topological polar surface area (TPSA) is 72.2 Å². The predicted octanol–water partition coefficient (Wildman–Crippen LogP) is 4.99. The molecule has 160 valence electrons. The van der Waals surface area contributed by atoms with E-state index >= 15 is 0 Å². The van der Waals surface area contributed by atoms with Crippen LogP contribution in [0.1, 0.15) is 53.6 Å². The summed E-state index contributed by atoms with van der Waals surface area (Å²) in [4.78, 5) is 26.0. The normalized spacial score (nSPS) is 19.8. The third kappa shape index (κ3) is 3.98. The molecule has 1 N–H and O–H groups in total. The van der Waals surface area contributed by atoms with Crippen LogP contribution in [0.2, 0.25) is 5.02 Å². The SMILES string of the molecule is O=C(Nc1cc(Cc2cn3cc(C4CC4)ccc3n2)ncn1)[C@H]1C[C@@H]1c1cccc(Cl)c1. The number of amides is 1. The number of imidazole rings is 1. The zero-order chi connectivity index (χ0) is 21.7. The number of nitrogens with zero attached hydrogens (tertiary/aromatic N) is 4. The number of carbonyl (C=O) groups excluding carboxylic acids is 1. The number of hydrogen-bond donors (Lipinski definition) is 1. The van der Waals surface area contributed by atoms with Gasteiger partial charge in [-0.2, -0.15) is 0 Å². The Morgan fingerprint density at radius 2 is 1.97 bits per heavy atom. The van der Waals surface area contributed by atoms with E-state index in [1.54, 1.807) is 0 Å². The van der Waals surface area contributed by atoms with Crippen molar-refractivity contribution in [1.82, 2.24) is 19.4 Å². The molecule has 0 radical (unpaired) electrons. The summed E-state index contributed by atoms with van der Waals surface area (Å²) in [5.74, 6) is 1.39. The van der Waals surface area contributed by atoms with Gasteiger partial charge in [0.25, 0.3) is 0 Å². The number of rotatable bonds is 6. The van der Waals surface area contributed by atoms with Crippen LogP contribution in [-0.2, 0) is 11.2 Å². The molecule has 1 aromatic carbocycles.